The van der Waals surface area contributed by atoms with E-state index in [-0.39, 0.29) is 16.8 Å². The van der Waals surface area contributed by atoms with E-state index in [1.807, 2.05) is 11.9 Å². The van der Waals surface area contributed by atoms with E-state index in [9.17, 15) is 22.8 Å². The largest absolute Gasteiger partial charge is 0.438 e. The summed E-state index contributed by atoms with van der Waals surface area (Å²) in [6.45, 7) is 2.06. The van der Waals surface area contributed by atoms with E-state index in [2.05, 4.69) is 20.3 Å². The van der Waals surface area contributed by atoms with Gasteiger partial charge in [-0.3, -0.25) is 9.59 Å². The number of fused-ring (bicyclic) bond motifs is 2. The summed E-state index contributed by atoms with van der Waals surface area (Å²) in [7, 11) is 1.92. The Morgan fingerprint density at radius 2 is 1.76 bits per heavy atom. The number of nitrogens with one attached hydrogen (secondary N) is 2. The fraction of sp³-hybridized carbons (Fsp3) is 0.200. The van der Waals surface area contributed by atoms with E-state index in [4.69, 9.17) is 4.74 Å². The third kappa shape index (κ3) is 5.48. The molecule has 0 unspecified atom stereocenters. The Balaban J connectivity index is 1.27. The number of alkyl halides is 3. The summed E-state index contributed by atoms with van der Waals surface area (Å²) in [5.41, 5.74) is -0.394. The van der Waals surface area contributed by atoms with Gasteiger partial charge in [0.1, 0.15) is 17.7 Å². The molecule has 0 saturated carbocycles. The van der Waals surface area contributed by atoms with Gasteiger partial charge in [-0.15, -0.1) is 0 Å². The van der Waals surface area contributed by atoms with Crippen LogP contribution in [-0.2, 0) is 6.18 Å². The predicted molar refractivity (Wildman–Crippen MR) is 151 cm³/mol. The SMILES string of the molecule is CN1CCN(C(=O)c2cc(NC(=O)c3cccc4cc(Oc5ncnc6[nH]ccc56)ccc34)cc(C(F)(F)F)c2)CC1. The molecule has 1 aliphatic rings. The van der Waals surface area contributed by atoms with E-state index >= 15 is 0 Å². The molecular formula is C30H25F3N6O3. The molecule has 1 fully saturated rings. The molecule has 2 amide bonds. The van der Waals surface area contributed by atoms with Crippen LogP contribution in [0.15, 0.2) is 73.2 Å². The van der Waals surface area contributed by atoms with Crippen molar-refractivity contribution in [2.75, 3.05) is 38.5 Å². The number of piperazine rings is 1. The lowest BCUT2D eigenvalue weighted by Gasteiger charge is -2.32. The van der Waals surface area contributed by atoms with Gasteiger partial charge in [0.2, 0.25) is 5.88 Å². The van der Waals surface area contributed by atoms with E-state index in [1.54, 1.807) is 48.7 Å². The van der Waals surface area contributed by atoms with Crippen LogP contribution in [0.5, 0.6) is 11.6 Å². The van der Waals surface area contributed by atoms with Crippen LogP contribution in [0.2, 0.25) is 0 Å². The van der Waals surface area contributed by atoms with Crippen LogP contribution in [0.4, 0.5) is 18.9 Å². The monoisotopic (exact) mass is 574 g/mol. The van der Waals surface area contributed by atoms with Crippen LogP contribution < -0.4 is 10.1 Å². The van der Waals surface area contributed by atoms with Crippen molar-refractivity contribution in [1.82, 2.24) is 24.8 Å². The summed E-state index contributed by atoms with van der Waals surface area (Å²) in [5, 5.41) is 4.52. The van der Waals surface area contributed by atoms with Crippen LogP contribution in [0.3, 0.4) is 0 Å². The summed E-state index contributed by atoms with van der Waals surface area (Å²) in [6.07, 6.45) is -1.59. The van der Waals surface area contributed by atoms with E-state index < -0.39 is 23.6 Å². The van der Waals surface area contributed by atoms with Crippen LogP contribution in [-0.4, -0.2) is 69.8 Å². The minimum atomic E-state index is -4.70. The molecule has 3 heterocycles. The third-order valence-electron chi connectivity index (χ3n) is 7.18. The van der Waals surface area contributed by atoms with Crippen molar-refractivity contribution in [3.8, 4) is 11.6 Å². The van der Waals surface area contributed by atoms with E-state index in [1.165, 1.54) is 17.3 Å². The number of nitrogens with zero attached hydrogens (tertiary/aromatic N) is 4. The van der Waals surface area contributed by atoms with Crippen molar-refractivity contribution in [3.63, 3.8) is 0 Å². The molecule has 0 bridgehead atoms. The number of likely N-dealkylation sites (N-methyl/N-ethyl adjacent to an activating group) is 1. The number of rotatable bonds is 5. The second kappa shape index (κ2) is 10.8. The predicted octanol–water partition coefficient (Wildman–Crippen LogP) is 5.56. The smallest absolute Gasteiger partial charge is 0.416 e. The van der Waals surface area contributed by atoms with Crippen molar-refractivity contribution < 1.29 is 27.5 Å². The molecule has 9 nitrogen and oxygen atoms in total. The van der Waals surface area contributed by atoms with Gasteiger partial charge < -0.3 is 24.8 Å². The lowest BCUT2D eigenvalue weighted by molar-refractivity contribution is -0.137. The molecule has 0 spiro atoms. The number of carbonyl (C=O) groups is 2. The minimum absolute atomic E-state index is 0.122. The zero-order chi connectivity index (χ0) is 29.4. The Labute approximate surface area is 237 Å². The first-order chi connectivity index (χ1) is 20.2. The molecule has 12 heteroatoms. The van der Waals surface area contributed by atoms with Crippen LogP contribution in [0, 0.1) is 0 Å². The first kappa shape index (κ1) is 27.2. The quantitative estimate of drug-likeness (QED) is 0.285. The van der Waals surface area contributed by atoms with Crippen molar-refractivity contribution in [2.45, 2.75) is 6.18 Å². The maximum absolute atomic E-state index is 13.8. The molecule has 1 saturated heterocycles. The fourth-order valence-electron chi connectivity index (χ4n) is 4.94. The normalized spacial score (nSPS) is 14.3. The molecule has 3 aromatic carbocycles. The summed E-state index contributed by atoms with van der Waals surface area (Å²) in [6, 6.07) is 14.9. The highest BCUT2D eigenvalue weighted by atomic mass is 19.4. The second-order valence-corrected chi connectivity index (χ2v) is 10.1. The fourth-order valence-corrected chi connectivity index (χ4v) is 4.94. The lowest BCUT2D eigenvalue weighted by atomic mass is 10.0. The van der Waals surface area contributed by atoms with Gasteiger partial charge >= 0.3 is 6.18 Å². The highest BCUT2D eigenvalue weighted by molar-refractivity contribution is 6.13. The number of H-pyrrole nitrogens is 1. The van der Waals surface area contributed by atoms with Gasteiger partial charge in [0, 0.05) is 49.2 Å². The molecule has 0 atom stereocenters. The van der Waals surface area contributed by atoms with Gasteiger partial charge in [0.15, 0.2) is 0 Å². The van der Waals surface area contributed by atoms with Crippen molar-refractivity contribution in [2.24, 2.45) is 0 Å². The standard InChI is InChI=1S/C30H25F3N6O3/c1-38-9-11-39(12-10-38)29(41)19-13-20(30(31,32)33)16-21(14-19)37-27(40)24-4-2-3-18-15-22(5-6-23(18)24)42-28-25-7-8-34-26(25)35-17-36-28/h2-8,13-17H,9-12H2,1H3,(H,37,40)(H,34,35,36). The Morgan fingerprint density at radius 3 is 2.55 bits per heavy atom. The van der Waals surface area contributed by atoms with Gasteiger partial charge in [0.25, 0.3) is 11.8 Å². The minimum Gasteiger partial charge on any atom is -0.438 e. The maximum atomic E-state index is 13.8. The van der Waals surface area contributed by atoms with Gasteiger partial charge in [-0.05, 0) is 66.4 Å². The van der Waals surface area contributed by atoms with Crippen LogP contribution >= 0.6 is 0 Å². The van der Waals surface area contributed by atoms with E-state index in [0.717, 1.165) is 12.1 Å². The molecule has 2 aromatic heterocycles. The Morgan fingerprint density at radius 1 is 0.952 bits per heavy atom. The van der Waals surface area contributed by atoms with Crippen molar-refractivity contribution >= 4 is 39.3 Å². The summed E-state index contributed by atoms with van der Waals surface area (Å²) in [4.78, 5) is 41.3. The van der Waals surface area contributed by atoms with Crippen molar-refractivity contribution in [1.29, 1.82) is 0 Å². The van der Waals surface area contributed by atoms with Gasteiger partial charge in [-0.2, -0.15) is 13.2 Å². The summed E-state index contributed by atoms with van der Waals surface area (Å²) < 4.78 is 47.3. The number of ether oxygens (including phenoxy) is 1. The summed E-state index contributed by atoms with van der Waals surface area (Å²) >= 11 is 0. The second-order valence-electron chi connectivity index (χ2n) is 10.1. The zero-order valence-corrected chi connectivity index (χ0v) is 22.4. The average Bonchev–Trinajstić information content (AvgIpc) is 3.46. The number of hydrogen-bond acceptors (Lipinski definition) is 6. The number of hydrogen-bond donors (Lipinski definition) is 2. The molecule has 0 aliphatic carbocycles. The molecule has 1 aliphatic heterocycles. The zero-order valence-electron chi connectivity index (χ0n) is 22.4. The summed E-state index contributed by atoms with van der Waals surface area (Å²) in [5.74, 6) is -0.286. The lowest BCUT2D eigenvalue weighted by Crippen LogP contribution is -2.47. The average molecular weight is 575 g/mol. The van der Waals surface area contributed by atoms with Crippen LogP contribution in [0.25, 0.3) is 21.8 Å². The molecule has 2 N–H and O–H groups in total. The first-order valence-corrected chi connectivity index (χ1v) is 13.2. The molecular weight excluding hydrogens is 549 g/mol. The number of anilines is 1. The molecule has 5 aromatic rings. The van der Waals surface area contributed by atoms with E-state index in [0.29, 0.717) is 59.6 Å². The Bertz CT molecular complexity index is 1810. The first-order valence-electron chi connectivity index (χ1n) is 13.2. The Kier molecular flexibility index (Phi) is 6.99. The topological polar surface area (TPSA) is 103 Å². The number of benzene rings is 3. The third-order valence-corrected chi connectivity index (χ3v) is 7.18. The van der Waals surface area contributed by atoms with Gasteiger partial charge in [-0.1, -0.05) is 12.1 Å². The highest BCUT2D eigenvalue weighted by Gasteiger charge is 2.33. The maximum Gasteiger partial charge on any atom is 0.416 e. The molecule has 42 heavy (non-hydrogen) atoms. The number of aromatic nitrogens is 3. The number of aromatic amines is 1. The van der Waals surface area contributed by atoms with Gasteiger partial charge in [0.05, 0.1) is 10.9 Å². The Hall–Kier alpha value is -4.97. The molecule has 0 radical (unpaired) electrons. The molecule has 214 valence electrons. The molecule has 6 rings (SSSR count). The number of halogens is 3. The van der Waals surface area contributed by atoms with Gasteiger partial charge in [-0.25, -0.2) is 9.97 Å². The number of amides is 2. The highest BCUT2D eigenvalue weighted by Crippen LogP contribution is 2.34. The number of carbonyl (C=O) groups excluding carboxylic acids is 2. The van der Waals surface area contributed by atoms with Crippen molar-refractivity contribution in [3.05, 3.63) is 89.9 Å². The van der Waals surface area contributed by atoms with Crippen LogP contribution in [0.1, 0.15) is 26.3 Å².